The number of nitrogens with two attached hydrogens (primary N) is 1. The van der Waals surface area contributed by atoms with E-state index < -0.39 is 0 Å². The first-order chi connectivity index (χ1) is 9.19. The molecule has 1 aliphatic carbocycles. The summed E-state index contributed by atoms with van der Waals surface area (Å²) in [6, 6.07) is 8.94. The summed E-state index contributed by atoms with van der Waals surface area (Å²) in [5.74, 6) is 0.325. The van der Waals surface area contributed by atoms with Crippen LogP contribution in [0.25, 0.3) is 0 Å². The van der Waals surface area contributed by atoms with Gasteiger partial charge in [0.1, 0.15) is 0 Å². The molecule has 1 fully saturated rings. The fourth-order valence-corrected chi connectivity index (χ4v) is 2.51. The monoisotopic (exact) mass is 260 g/mol. The molecule has 3 nitrogen and oxygen atoms in total. The van der Waals surface area contributed by atoms with Crippen molar-refractivity contribution in [1.29, 1.82) is 0 Å². The van der Waals surface area contributed by atoms with E-state index in [0.29, 0.717) is 0 Å². The third kappa shape index (κ3) is 4.06. The van der Waals surface area contributed by atoms with E-state index in [-0.39, 0.29) is 17.9 Å². The summed E-state index contributed by atoms with van der Waals surface area (Å²) in [5, 5.41) is 3.00. The van der Waals surface area contributed by atoms with E-state index in [0.717, 1.165) is 32.2 Å². The number of rotatable bonds is 6. The second-order valence-electron chi connectivity index (χ2n) is 5.54. The number of nitrogens with one attached hydrogen (secondary N) is 1. The smallest absolute Gasteiger partial charge is 0.223 e. The Labute approximate surface area is 115 Å². The van der Waals surface area contributed by atoms with Crippen molar-refractivity contribution >= 4 is 5.91 Å². The van der Waals surface area contributed by atoms with Gasteiger partial charge in [0.05, 0.1) is 0 Å². The minimum atomic E-state index is 0.155. The quantitative estimate of drug-likeness (QED) is 0.822. The normalized spacial score (nSPS) is 21.8. The summed E-state index contributed by atoms with van der Waals surface area (Å²) in [5.41, 5.74) is 8.36. The summed E-state index contributed by atoms with van der Waals surface area (Å²) < 4.78 is 0. The minimum absolute atomic E-state index is 0.155. The Morgan fingerprint density at radius 1 is 1.21 bits per heavy atom. The fourth-order valence-electron chi connectivity index (χ4n) is 2.51. The first-order valence-corrected chi connectivity index (χ1v) is 7.30. The average Bonchev–Trinajstić information content (AvgIpc) is 2.37. The molecular formula is C16H24N2O. The molecule has 104 valence electrons. The van der Waals surface area contributed by atoms with Crippen LogP contribution in [0, 0.1) is 5.92 Å². The zero-order valence-corrected chi connectivity index (χ0v) is 11.7. The Kier molecular flexibility index (Phi) is 4.97. The highest BCUT2D eigenvalue weighted by Gasteiger charge is 2.31. The molecule has 3 heteroatoms. The highest BCUT2D eigenvalue weighted by Crippen LogP contribution is 2.25. The average molecular weight is 260 g/mol. The lowest BCUT2D eigenvalue weighted by Crippen LogP contribution is -2.45. The zero-order valence-electron chi connectivity index (χ0n) is 11.7. The summed E-state index contributed by atoms with van der Waals surface area (Å²) >= 11 is 0. The molecule has 0 atom stereocenters. The molecule has 0 bridgehead atoms. The van der Waals surface area contributed by atoms with Crippen molar-refractivity contribution in [3.63, 3.8) is 0 Å². The molecule has 0 unspecified atom stereocenters. The van der Waals surface area contributed by atoms with Crippen molar-refractivity contribution in [3.8, 4) is 0 Å². The SMILES string of the molecule is CCCc1ccc(CCNC(=O)C2CC(N)C2)cc1. The Morgan fingerprint density at radius 3 is 2.32 bits per heavy atom. The molecule has 1 saturated carbocycles. The summed E-state index contributed by atoms with van der Waals surface area (Å²) in [4.78, 5) is 11.7. The van der Waals surface area contributed by atoms with Crippen molar-refractivity contribution < 1.29 is 4.79 Å². The van der Waals surface area contributed by atoms with Crippen LogP contribution in [0.1, 0.15) is 37.3 Å². The molecule has 0 heterocycles. The Hall–Kier alpha value is -1.35. The van der Waals surface area contributed by atoms with E-state index >= 15 is 0 Å². The van der Waals surface area contributed by atoms with Gasteiger partial charge in [-0.25, -0.2) is 0 Å². The number of aryl methyl sites for hydroxylation is 1. The van der Waals surface area contributed by atoms with Gasteiger partial charge >= 0.3 is 0 Å². The minimum Gasteiger partial charge on any atom is -0.356 e. The number of carbonyl (C=O) groups is 1. The maximum atomic E-state index is 11.7. The highest BCUT2D eigenvalue weighted by atomic mass is 16.1. The molecule has 19 heavy (non-hydrogen) atoms. The molecule has 1 aliphatic rings. The van der Waals surface area contributed by atoms with Crippen LogP contribution in [-0.2, 0) is 17.6 Å². The van der Waals surface area contributed by atoms with Gasteiger partial charge in [-0.1, -0.05) is 37.6 Å². The summed E-state index contributed by atoms with van der Waals surface area (Å²) in [6.07, 6.45) is 4.91. The predicted molar refractivity (Wildman–Crippen MR) is 77.9 cm³/mol. The largest absolute Gasteiger partial charge is 0.356 e. The van der Waals surface area contributed by atoms with Crippen molar-refractivity contribution in [2.75, 3.05) is 6.54 Å². The van der Waals surface area contributed by atoms with Crippen molar-refractivity contribution in [2.24, 2.45) is 11.7 Å². The Bertz CT molecular complexity index is 407. The molecule has 1 aromatic rings. The topological polar surface area (TPSA) is 55.1 Å². The molecule has 0 saturated heterocycles. The molecule has 0 aromatic heterocycles. The van der Waals surface area contributed by atoms with Crippen LogP contribution < -0.4 is 11.1 Å². The lowest BCUT2D eigenvalue weighted by atomic mass is 9.80. The van der Waals surface area contributed by atoms with E-state index in [1.165, 1.54) is 17.5 Å². The lowest BCUT2D eigenvalue weighted by Gasteiger charge is -2.31. The van der Waals surface area contributed by atoms with Gasteiger partial charge in [0.15, 0.2) is 0 Å². The van der Waals surface area contributed by atoms with Crippen LogP contribution in [0.3, 0.4) is 0 Å². The number of hydrogen-bond acceptors (Lipinski definition) is 2. The van der Waals surface area contributed by atoms with E-state index in [1.54, 1.807) is 0 Å². The van der Waals surface area contributed by atoms with Gasteiger partial charge in [-0.15, -0.1) is 0 Å². The Morgan fingerprint density at radius 2 is 1.79 bits per heavy atom. The second-order valence-corrected chi connectivity index (χ2v) is 5.54. The first kappa shape index (κ1) is 14.1. The Balaban J connectivity index is 1.69. The number of amides is 1. The van der Waals surface area contributed by atoms with E-state index in [1.807, 2.05) is 0 Å². The first-order valence-electron chi connectivity index (χ1n) is 7.30. The van der Waals surface area contributed by atoms with Crippen LogP contribution in [0.5, 0.6) is 0 Å². The molecule has 1 aromatic carbocycles. The second kappa shape index (κ2) is 6.71. The summed E-state index contributed by atoms with van der Waals surface area (Å²) in [6.45, 7) is 2.91. The molecule has 2 rings (SSSR count). The zero-order chi connectivity index (χ0) is 13.7. The van der Waals surface area contributed by atoms with E-state index in [9.17, 15) is 4.79 Å². The third-order valence-electron chi connectivity index (χ3n) is 3.82. The van der Waals surface area contributed by atoms with E-state index in [2.05, 4.69) is 36.5 Å². The van der Waals surface area contributed by atoms with Crippen LogP contribution >= 0.6 is 0 Å². The van der Waals surface area contributed by atoms with Crippen molar-refractivity contribution in [3.05, 3.63) is 35.4 Å². The molecular weight excluding hydrogens is 236 g/mol. The molecule has 0 spiro atoms. The predicted octanol–water partition coefficient (Wildman–Crippen LogP) is 2.04. The number of carbonyl (C=O) groups excluding carboxylic acids is 1. The van der Waals surface area contributed by atoms with Gasteiger partial charge in [0, 0.05) is 18.5 Å². The van der Waals surface area contributed by atoms with Gasteiger partial charge in [0.25, 0.3) is 0 Å². The summed E-state index contributed by atoms with van der Waals surface area (Å²) in [7, 11) is 0. The standard InChI is InChI=1S/C16H24N2O/c1-2-3-12-4-6-13(7-5-12)8-9-18-16(19)14-10-15(17)11-14/h4-7,14-15H,2-3,8-11,17H2,1H3,(H,18,19). The maximum absolute atomic E-state index is 11.7. The molecule has 0 radical (unpaired) electrons. The maximum Gasteiger partial charge on any atom is 0.223 e. The lowest BCUT2D eigenvalue weighted by molar-refractivity contribution is -0.127. The molecule has 0 aliphatic heterocycles. The fraction of sp³-hybridized carbons (Fsp3) is 0.562. The van der Waals surface area contributed by atoms with E-state index in [4.69, 9.17) is 5.73 Å². The number of benzene rings is 1. The molecule has 3 N–H and O–H groups in total. The van der Waals surface area contributed by atoms with Crippen LogP contribution in [0.2, 0.25) is 0 Å². The van der Waals surface area contributed by atoms with Gasteiger partial charge in [-0.3, -0.25) is 4.79 Å². The van der Waals surface area contributed by atoms with Crippen LogP contribution in [0.15, 0.2) is 24.3 Å². The van der Waals surface area contributed by atoms with Gasteiger partial charge in [-0.2, -0.15) is 0 Å². The van der Waals surface area contributed by atoms with Crippen LogP contribution in [-0.4, -0.2) is 18.5 Å². The molecule has 1 amide bonds. The third-order valence-corrected chi connectivity index (χ3v) is 3.82. The van der Waals surface area contributed by atoms with Crippen molar-refractivity contribution in [1.82, 2.24) is 5.32 Å². The van der Waals surface area contributed by atoms with Gasteiger partial charge < -0.3 is 11.1 Å². The van der Waals surface area contributed by atoms with Gasteiger partial charge in [-0.05, 0) is 36.8 Å². The number of hydrogen-bond donors (Lipinski definition) is 2. The van der Waals surface area contributed by atoms with Crippen LogP contribution in [0.4, 0.5) is 0 Å². The van der Waals surface area contributed by atoms with Gasteiger partial charge in [0.2, 0.25) is 5.91 Å². The highest BCUT2D eigenvalue weighted by molar-refractivity contribution is 5.79. The van der Waals surface area contributed by atoms with Crippen molar-refractivity contribution in [2.45, 2.75) is 45.1 Å².